The average Bonchev–Trinajstić information content (AvgIpc) is 2.24. The number of H-pyrrole nitrogens is 2. The summed E-state index contributed by atoms with van der Waals surface area (Å²) in [7, 11) is 0. The zero-order chi connectivity index (χ0) is 14.6. The molecule has 9 heteroatoms. The predicted octanol–water partition coefficient (Wildman–Crippen LogP) is -1.10. The summed E-state index contributed by atoms with van der Waals surface area (Å²) < 4.78 is 0. The van der Waals surface area contributed by atoms with Gasteiger partial charge in [-0.05, 0) is 13.8 Å². The molecule has 0 atom stereocenters. The van der Waals surface area contributed by atoms with E-state index in [1.54, 1.807) is 13.8 Å². The fourth-order valence-corrected chi connectivity index (χ4v) is 1.22. The zero-order valence-corrected chi connectivity index (χ0v) is 10.5. The Labute approximate surface area is 107 Å². The molecule has 8 N–H and O–H groups in total. The summed E-state index contributed by atoms with van der Waals surface area (Å²) in [5.74, 6) is 0.261. The number of nitrogen functional groups attached to an aromatic ring is 3. The van der Waals surface area contributed by atoms with Gasteiger partial charge in [-0.3, -0.25) is 19.6 Å². The van der Waals surface area contributed by atoms with E-state index in [0.717, 1.165) is 0 Å². The molecule has 9 nitrogen and oxygen atoms in total. The van der Waals surface area contributed by atoms with Crippen molar-refractivity contribution in [2.24, 2.45) is 0 Å². The quantitative estimate of drug-likeness (QED) is 0.402. The summed E-state index contributed by atoms with van der Waals surface area (Å²) >= 11 is 0. The van der Waals surface area contributed by atoms with Gasteiger partial charge in [-0.25, -0.2) is 9.97 Å². The smallest absolute Gasteiger partial charge is 0.275 e. The first-order valence-corrected chi connectivity index (χ1v) is 5.25. The standard InChI is InChI=1S/C5H8N4O.C5H7N3O/c1-2-3(6)4(10)9-5(7)8-2;1-3-2-4(9)8-5(6)7-3/h6H2,1H3,(H3,7,8,9,10);2H,1H3,(H3,6,7,8,9). The van der Waals surface area contributed by atoms with Crippen molar-refractivity contribution in [3.8, 4) is 0 Å². The van der Waals surface area contributed by atoms with E-state index in [4.69, 9.17) is 17.2 Å². The molecule has 0 unspecified atom stereocenters. The molecule has 0 saturated heterocycles. The lowest BCUT2D eigenvalue weighted by Crippen LogP contribution is -2.16. The van der Waals surface area contributed by atoms with Crippen LogP contribution in [-0.2, 0) is 0 Å². The third-order valence-electron chi connectivity index (χ3n) is 2.05. The van der Waals surface area contributed by atoms with Crippen molar-refractivity contribution in [2.45, 2.75) is 13.8 Å². The van der Waals surface area contributed by atoms with Crippen molar-refractivity contribution in [3.05, 3.63) is 38.2 Å². The number of rotatable bonds is 0. The lowest BCUT2D eigenvalue weighted by molar-refractivity contribution is 1.08. The fourth-order valence-electron chi connectivity index (χ4n) is 1.22. The van der Waals surface area contributed by atoms with Gasteiger partial charge in [0.2, 0.25) is 11.9 Å². The van der Waals surface area contributed by atoms with Crippen molar-refractivity contribution < 1.29 is 0 Å². The minimum absolute atomic E-state index is 0.0942. The maximum atomic E-state index is 10.8. The van der Waals surface area contributed by atoms with Crippen LogP contribution < -0.4 is 28.3 Å². The van der Waals surface area contributed by atoms with Crippen LogP contribution in [0.5, 0.6) is 0 Å². The third-order valence-corrected chi connectivity index (χ3v) is 2.05. The van der Waals surface area contributed by atoms with E-state index in [1.807, 2.05) is 0 Å². The van der Waals surface area contributed by atoms with Gasteiger partial charge >= 0.3 is 0 Å². The third kappa shape index (κ3) is 4.15. The minimum atomic E-state index is -0.384. The maximum Gasteiger partial charge on any atom is 0.275 e. The molecule has 2 rings (SSSR count). The van der Waals surface area contributed by atoms with Gasteiger partial charge in [-0.1, -0.05) is 0 Å². The van der Waals surface area contributed by atoms with Crippen molar-refractivity contribution in [3.63, 3.8) is 0 Å². The lowest BCUT2D eigenvalue weighted by Gasteiger charge is -1.97. The summed E-state index contributed by atoms with van der Waals surface area (Å²) in [6.07, 6.45) is 0. The normalized spacial score (nSPS) is 9.58. The Kier molecular flexibility index (Phi) is 4.24. The monoisotopic (exact) mass is 265 g/mol. The highest BCUT2D eigenvalue weighted by Crippen LogP contribution is 1.98. The summed E-state index contributed by atoms with van der Waals surface area (Å²) in [4.78, 5) is 33.4. The van der Waals surface area contributed by atoms with E-state index >= 15 is 0 Å². The second kappa shape index (κ2) is 5.67. The summed E-state index contributed by atoms with van der Waals surface area (Å²) in [6, 6.07) is 1.39. The second-order valence-corrected chi connectivity index (χ2v) is 3.72. The fraction of sp³-hybridized carbons (Fsp3) is 0.200. The molecule has 2 aromatic rings. The molecule has 0 radical (unpaired) electrons. The number of aromatic amines is 2. The van der Waals surface area contributed by atoms with Gasteiger partial charge in [0.05, 0.1) is 5.69 Å². The molecule has 0 aromatic carbocycles. The molecule has 0 fully saturated rings. The van der Waals surface area contributed by atoms with Gasteiger partial charge in [0, 0.05) is 11.8 Å². The summed E-state index contributed by atoms with van der Waals surface area (Å²) in [5, 5.41) is 0. The van der Waals surface area contributed by atoms with Crippen LogP contribution in [0, 0.1) is 13.8 Å². The van der Waals surface area contributed by atoms with Gasteiger partial charge in [0.25, 0.3) is 11.1 Å². The van der Waals surface area contributed by atoms with E-state index in [9.17, 15) is 9.59 Å². The van der Waals surface area contributed by atoms with Crippen LogP contribution in [0.25, 0.3) is 0 Å². The van der Waals surface area contributed by atoms with Crippen LogP contribution in [0.4, 0.5) is 17.6 Å². The number of hydrogen-bond acceptors (Lipinski definition) is 7. The van der Waals surface area contributed by atoms with E-state index < -0.39 is 0 Å². The number of aryl methyl sites for hydroxylation is 2. The van der Waals surface area contributed by atoms with Gasteiger partial charge in [0.15, 0.2) is 0 Å². The first-order valence-electron chi connectivity index (χ1n) is 5.25. The van der Waals surface area contributed by atoms with Gasteiger partial charge in [-0.2, -0.15) is 0 Å². The molecular weight excluding hydrogens is 250 g/mol. The van der Waals surface area contributed by atoms with E-state index in [0.29, 0.717) is 11.4 Å². The van der Waals surface area contributed by atoms with Gasteiger partial charge < -0.3 is 17.2 Å². The van der Waals surface area contributed by atoms with Crippen LogP contribution in [0.15, 0.2) is 15.7 Å². The van der Waals surface area contributed by atoms with Crippen LogP contribution in [0.3, 0.4) is 0 Å². The first kappa shape index (κ1) is 14.2. The summed E-state index contributed by atoms with van der Waals surface area (Å²) in [6.45, 7) is 3.34. The topological polar surface area (TPSA) is 170 Å². The van der Waals surface area contributed by atoms with Crippen LogP contribution in [0.2, 0.25) is 0 Å². The van der Waals surface area contributed by atoms with E-state index in [2.05, 4.69) is 19.9 Å². The van der Waals surface area contributed by atoms with Crippen molar-refractivity contribution in [1.29, 1.82) is 0 Å². The first-order chi connectivity index (χ1) is 8.79. The van der Waals surface area contributed by atoms with Crippen LogP contribution in [-0.4, -0.2) is 19.9 Å². The van der Waals surface area contributed by atoms with Crippen LogP contribution >= 0.6 is 0 Å². The molecule has 0 saturated carbocycles. The molecule has 0 bridgehead atoms. The number of nitrogens with one attached hydrogen (secondary N) is 2. The highest BCUT2D eigenvalue weighted by molar-refractivity contribution is 5.41. The predicted molar refractivity (Wildman–Crippen MR) is 72.4 cm³/mol. The zero-order valence-electron chi connectivity index (χ0n) is 10.5. The molecule has 0 spiro atoms. The molecule has 0 amide bonds. The molecule has 0 aliphatic carbocycles. The SMILES string of the molecule is Cc1cc(=O)[nH]c(N)n1.Cc1nc(N)[nH]c(=O)c1N. The van der Waals surface area contributed by atoms with Crippen molar-refractivity contribution >= 4 is 17.6 Å². The maximum absolute atomic E-state index is 10.8. The lowest BCUT2D eigenvalue weighted by atomic mass is 10.4. The molecule has 2 aromatic heterocycles. The Balaban J connectivity index is 0.000000191. The number of nitrogens with zero attached hydrogens (tertiary/aromatic N) is 2. The molecule has 0 aliphatic heterocycles. The Morgan fingerprint density at radius 3 is 2.05 bits per heavy atom. The molecule has 2 heterocycles. The molecule has 102 valence electrons. The minimum Gasteiger partial charge on any atom is -0.393 e. The van der Waals surface area contributed by atoms with Gasteiger partial charge in [0.1, 0.15) is 5.69 Å². The van der Waals surface area contributed by atoms with Gasteiger partial charge in [-0.15, -0.1) is 0 Å². The Bertz CT molecular complexity index is 666. The van der Waals surface area contributed by atoms with Crippen LogP contribution in [0.1, 0.15) is 11.4 Å². The van der Waals surface area contributed by atoms with E-state index in [1.165, 1.54) is 6.07 Å². The molecule has 19 heavy (non-hydrogen) atoms. The highest BCUT2D eigenvalue weighted by atomic mass is 16.1. The summed E-state index contributed by atoms with van der Waals surface area (Å²) in [5.41, 5.74) is 16.3. The number of hydrogen-bond donors (Lipinski definition) is 5. The largest absolute Gasteiger partial charge is 0.393 e. The number of anilines is 3. The van der Waals surface area contributed by atoms with Crippen molar-refractivity contribution in [1.82, 2.24) is 19.9 Å². The highest BCUT2D eigenvalue weighted by Gasteiger charge is 1.99. The molecule has 0 aliphatic rings. The Hall–Kier alpha value is -2.84. The van der Waals surface area contributed by atoms with E-state index in [-0.39, 0.29) is 28.7 Å². The number of nitrogens with two attached hydrogens (primary N) is 3. The Morgan fingerprint density at radius 2 is 1.58 bits per heavy atom. The molecular formula is C10H15N7O2. The average molecular weight is 265 g/mol. The second-order valence-electron chi connectivity index (χ2n) is 3.72. The number of aromatic nitrogens is 4. The Morgan fingerprint density at radius 1 is 1.00 bits per heavy atom. The van der Waals surface area contributed by atoms with Crippen molar-refractivity contribution in [2.75, 3.05) is 17.2 Å².